The number of aromatic nitrogens is 1. The molecule has 0 unspecified atom stereocenters. The molecule has 1 fully saturated rings. The summed E-state index contributed by atoms with van der Waals surface area (Å²) >= 11 is 0. The van der Waals surface area contributed by atoms with Gasteiger partial charge in [0.25, 0.3) is 5.91 Å². The molecule has 0 spiro atoms. The molecule has 1 aliphatic heterocycles. The van der Waals surface area contributed by atoms with Crippen LogP contribution in [0.2, 0.25) is 0 Å². The van der Waals surface area contributed by atoms with Gasteiger partial charge in [0, 0.05) is 24.2 Å². The summed E-state index contributed by atoms with van der Waals surface area (Å²) < 4.78 is 5.21. The number of likely N-dealkylation sites (tertiary alicyclic amines) is 1. The molecule has 0 radical (unpaired) electrons. The Labute approximate surface area is 140 Å². The molecule has 2 heterocycles. The maximum absolute atomic E-state index is 12.2. The zero-order chi connectivity index (χ0) is 16.9. The van der Waals surface area contributed by atoms with Crippen molar-refractivity contribution in [1.29, 1.82) is 0 Å². The molecule has 1 aromatic carbocycles. The van der Waals surface area contributed by atoms with Crippen molar-refractivity contribution in [2.45, 2.75) is 32.2 Å². The van der Waals surface area contributed by atoms with Crippen molar-refractivity contribution in [3.63, 3.8) is 0 Å². The minimum absolute atomic E-state index is 0.0172. The predicted molar refractivity (Wildman–Crippen MR) is 89.3 cm³/mol. The standard InChI is InChI=1S/C18H21N3O3/c1-13-7-5-6-10-21(13)17(22)12-19-18(23)15-11-16(24-20-15)14-8-3-2-4-9-14/h2-4,8-9,11,13H,5-7,10,12H2,1H3,(H,19,23)/t13-/m1/s1. The van der Waals surface area contributed by atoms with E-state index < -0.39 is 5.91 Å². The first-order chi connectivity index (χ1) is 11.6. The van der Waals surface area contributed by atoms with Crippen molar-refractivity contribution in [3.8, 4) is 11.3 Å². The lowest BCUT2D eigenvalue weighted by Crippen LogP contribution is -2.46. The van der Waals surface area contributed by atoms with Crippen LogP contribution in [0.25, 0.3) is 11.3 Å². The summed E-state index contributed by atoms with van der Waals surface area (Å²) in [5.74, 6) is 0.0676. The molecule has 1 saturated heterocycles. The van der Waals surface area contributed by atoms with Gasteiger partial charge in [-0.3, -0.25) is 9.59 Å². The van der Waals surface area contributed by atoms with E-state index in [0.29, 0.717) is 5.76 Å². The summed E-state index contributed by atoms with van der Waals surface area (Å²) in [6.07, 6.45) is 3.19. The van der Waals surface area contributed by atoms with Gasteiger partial charge in [0.05, 0.1) is 6.54 Å². The van der Waals surface area contributed by atoms with Gasteiger partial charge in [0.15, 0.2) is 11.5 Å². The number of amides is 2. The monoisotopic (exact) mass is 327 g/mol. The molecule has 3 rings (SSSR count). The van der Waals surface area contributed by atoms with Gasteiger partial charge in [-0.15, -0.1) is 0 Å². The Kier molecular flexibility index (Phi) is 4.93. The Morgan fingerprint density at radius 3 is 2.83 bits per heavy atom. The van der Waals surface area contributed by atoms with Gasteiger partial charge in [0.1, 0.15) is 0 Å². The van der Waals surface area contributed by atoms with Crippen LogP contribution in [0.15, 0.2) is 40.9 Å². The quantitative estimate of drug-likeness (QED) is 0.936. The molecule has 126 valence electrons. The first-order valence-corrected chi connectivity index (χ1v) is 8.25. The van der Waals surface area contributed by atoms with Gasteiger partial charge >= 0.3 is 0 Å². The number of carbonyl (C=O) groups excluding carboxylic acids is 2. The van der Waals surface area contributed by atoms with E-state index in [4.69, 9.17) is 4.52 Å². The molecule has 1 N–H and O–H groups in total. The number of hydrogen-bond donors (Lipinski definition) is 1. The number of nitrogens with zero attached hydrogens (tertiary/aromatic N) is 2. The third-order valence-electron chi connectivity index (χ3n) is 4.32. The third kappa shape index (κ3) is 3.64. The van der Waals surface area contributed by atoms with Crippen molar-refractivity contribution >= 4 is 11.8 Å². The number of hydrogen-bond acceptors (Lipinski definition) is 4. The molecular formula is C18H21N3O3. The topological polar surface area (TPSA) is 75.4 Å². The Bertz CT molecular complexity index is 711. The van der Waals surface area contributed by atoms with Crippen LogP contribution in [0, 0.1) is 0 Å². The molecule has 0 bridgehead atoms. The lowest BCUT2D eigenvalue weighted by Gasteiger charge is -2.33. The van der Waals surface area contributed by atoms with E-state index in [1.165, 1.54) is 0 Å². The normalized spacial score (nSPS) is 17.5. The summed E-state index contributed by atoms with van der Waals surface area (Å²) in [7, 11) is 0. The van der Waals surface area contributed by atoms with Gasteiger partial charge < -0.3 is 14.7 Å². The van der Waals surface area contributed by atoms with Crippen LogP contribution in [0.4, 0.5) is 0 Å². The van der Waals surface area contributed by atoms with E-state index in [9.17, 15) is 9.59 Å². The molecule has 1 aromatic heterocycles. The molecule has 0 aliphatic carbocycles. The minimum Gasteiger partial charge on any atom is -0.355 e. The molecule has 2 aromatic rings. The summed E-state index contributed by atoms with van der Waals surface area (Å²) in [6, 6.07) is 11.2. The predicted octanol–water partition coefficient (Wildman–Crippen LogP) is 2.47. The van der Waals surface area contributed by atoms with Crippen molar-refractivity contribution < 1.29 is 14.1 Å². The first-order valence-electron chi connectivity index (χ1n) is 8.25. The van der Waals surface area contributed by atoms with Gasteiger partial charge in [0.2, 0.25) is 5.91 Å². The first kappa shape index (κ1) is 16.2. The number of piperidine rings is 1. The number of rotatable bonds is 4. The van der Waals surface area contributed by atoms with Gasteiger partial charge in [-0.1, -0.05) is 35.5 Å². The third-order valence-corrected chi connectivity index (χ3v) is 4.32. The summed E-state index contributed by atoms with van der Waals surface area (Å²) in [5, 5.41) is 6.41. The SMILES string of the molecule is C[C@@H]1CCCCN1C(=O)CNC(=O)c1cc(-c2ccccc2)on1. The molecule has 0 saturated carbocycles. The number of benzene rings is 1. The highest BCUT2D eigenvalue weighted by Gasteiger charge is 2.23. The van der Waals surface area contributed by atoms with Crippen LogP contribution in [0.1, 0.15) is 36.7 Å². The zero-order valence-electron chi connectivity index (χ0n) is 13.7. The maximum Gasteiger partial charge on any atom is 0.273 e. The minimum atomic E-state index is -0.404. The maximum atomic E-state index is 12.2. The number of carbonyl (C=O) groups is 2. The summed E-state index contributed by atoms with van der Waals surface area (Å²) in [5.41, 5.74) is 1.02. The van der Waals surface area contributed by atoms with E-state index in [1.807, 2.05) is 42.2 Å². The van der Waals surface area contributed by atoms with E-state index >= 15 is 0 Å². The second-order valence-electron chi connectivity index (χ2n) is 6.06. The fraction of sp³-hybridized carbons (Fsp3) is 0.389. The Morgan fingerprint density at radius 1 is 1.29 bits per heavy atom. The van der Waals surface area contributed by atoms with E-state index in [-0.39, 0.29) is 24.2 Å². The van der Waals surface area contributed by atoms with Crippen LogP contribution in [-0.4, -0.2) is 41.0 Å². The largest absolute Gasteiger partial charge is 0.355 e. The lowest BCUT2D eigenvalue weighted by atomic mass is 10.0. The highest BCUT2D eigenvalue weighted by atomic mass is 16.5. The van der Waals surface area contributed by atoms with E-state index in [2.05, 4.69) is 10.5 Å². The fourth-order valence-corrected chi connectivity index (χ4v) is 2.94. The fourth-order valence-electron chi connectivity index (χ4n) is 2.94. The zero-order valence-corrected chi connectivity index (χ0v) is 13.7. The van der Waals surface area contributed by atoms with E-state index in [1.54, 1.807) is 6.07 Å². The molecular weight excluding hydrogens is 306 g/mol. The molecule has 24 heavy (non-hydrogen) atoms. The van der Waals surface area contributed by atoms with Crippen LogP contribution >= 0.6 is 0 Å². The average molecular weight is 327 g/mol. The average Bonchev–Trinajstić information content (AvgIpc) is 3.11. The van der Waals surface area contributed by atoms with Crippen LogP contribution in [0.5, 0.6) is 0 Å². The van der Waals surface area contributed by atoms with Gasteiger partial charge in [-0.2, -0.15) is 0 Å². The smallest absolute Gasteiger partial charge is 0.273 e. The van der Waals surface area contributed by atoms with Gasteiger partial charge in [-0.05, 0) is 26.2 Å². The molecule has 2 amide bonds. The lowest BCUT2D eigenvalue weighted by molar-refractivity contribution is -0.133. The summed E-state index contributed by atoms with van der Waals surface area (Å²) in [6.45, 7) is 2.79. The number of nitrogens with one attached hydrogen (secondary N) is 1. The van der Waals surface area contributed by atoms with Crippen LogP contribution < -0.4 is 5.32 Å². The highest BCUT2D eigenvalue weighted by molar-refractivity contribution is 5.95. The Morgan fingerprint density at radius 2 is 2.08 bits per heavy atom. The van der Waals surface area contributed by atoms with Gasteiger partial charge in [-0.25, -0.2) is 0 Å². The Hall–Kier alpha value is -2.63. The van der Waals surface area contributed by atoms with Crippen molar-refractivity contribution in [2.75, 3.05) is 13.1 Å². The Balaban J connectivity index is 1.57. The highest BCUT2D eigenvalue weighted by Crippen LogP contribution is 2.19. The summed E-state index contributed by atoms with van der Waals surface area (Å²) in [4.78, 5) is 26.2. The second kappa shape index (κ2) is 7.29. The second-order valence-corrected chi connectivity index (χ2v) is 6.06. The van der Waals surface area contributed by atoms with Crippen LogP contribution in [0.3, 0.4) is 0 Å². The molecule has 1 atom stereocenters. The van der Waals surface area contributed by atoms with Crippen molar-refractivity contribution in [1.82, 2.24) is 15.4 Å². The molecule has 6 nitrogen and oxygen atoms in total. The van der Waals surface area contributed by atoms with E-state index in [0.717, 1.165) is 31.4 Å². The van der Waals surface area contributed by atoms with Crippen LogP contribution in [-0.2, 0) is 4.79 Å². The van der Waals surface area contributed by atoms with Crippen molar-refractivity contribution in [3.05, 3.63) is 42.1 Å². The molecule has 1 aliphatic rings. The molecule has 6 heteroatoms. The van der Waals surface area contributed by atoms with Crippen molar-refractivity contribution in [2.24, 2.45) is 0 Å².